The average Bonchev–Trinajstić information content (AvgIpc) is 1.50. The summed E-state index contributed by atoms with van der Waals surface area (Å²) in [7, 11) is 0. The summed E-state index contributed by atoms with van der Waals surface area (Å²) in [6, 6.07) is 0. The van der Waals surface area contributed by atoms with Gasteiger partial charge in [-0.15, -0.1) is 0 Å². The Morgan fingerprint density at radius 3 is 1.25 bits per heavy atom. The fourth-order valence-corrected chi connectivity index (χ4v) is 0. The van der Waals surface area contributed by atoms with Gasteiger partial charge < -0.3 is 0 Å². The molecule has 0 bridgehead atoms. The molecule has 0 fully saturated rings. The Morgan fingerprint density at radius 2 is 1.25 bits per heavy atom. The van der Waals surface area contributed by atoms with Gasteiger partial charge in [-0.2, -0.15) is 0 Å². The van der Waals surface area contributed by atoms with Crippen LogP contribution in [0.4, 0.5) is 0 Å². The summed E-state index contributed by atoms with van der Waals surface area (Å²) in [6.45, 7) is 4.00. The molecule has 0 atom stereocenters. The Labute approximate surface area is 36.3 Å². The molecule has 2 heteroatoms. The van der Waals surface area contributed by atoms with Crippen LogP contribution in [0.5, 0.6) is 0 Å². The van der Waals surface area contributed by atoms with Crippen LogP contribution in [0.3, 0.4) is 0 Å². The van der Waals surface area contributed by atoms with Gasteiger partial charge in [0.2, 0.25) is 0 Å². The van der Waals surface area contributed by atoms with Crippen molar-refractivity contribution in [2.45, 2.75) is 13.8 Å². The van der Waals surface area contributed by atoms with E-state index in [0.717, 1.165) is 0 Å². The molecular weight excluding hydrogens is 105 g/mol. The molecule has 0 aromatic rings. The van der Waals surface area contributed by atoms with E-state index in [4.69, 9.17) is 3.57 Å². The zero-order valence-electron chi connectivity index (χ0n) is 3.12. The zero-order valence-corrected chi connectivity index (χ0v) is 6.08. The van der Waals surface area contributed by atoms with Gasteiger partial charge in [0.1, 0.15) is 0 Å². The van der Waals surface area contributed by atoms with Crippen LogP contribution in [0.15, 0.2) is 0 Å². The van der Waals surface area contributed by atoms with Gasteiger partial charge in [-0.05, 0) is 0 Å². The Hall–Kier alpha value is 0.423. The van der Waals surface area contributed by atoms with Crippen molar-refractivity contribution >= 4 is 0 Å². The van der Waals surface area contributed by atoms with Gasteiger partial charge in [0.05, 0.1) is 0 Å². The van der Waals surface area contributed by atoms with Gasteiger partial charge in [-0.1, -0.05) is 13.8 Å². The average molecular weight is 111 g/mol. The molecule has 0 rings (SSSR count). The predicted molar refractivity (Wildman–Crippen MR) is 12.0 cm³/mol. The molecule has 0 spiro atoms. The molecule has 0 heterocycles. The van der Waals surface area contributed by atoms with E-state index in [1.54, 1.807) is 0 Å². The molecule has 0 aliphatic rings. The van der Waals surface area contributed by atoms with Gasteiger partial charge in [0.25, 0.3) is 0 Å². The third-order valence-electron chi connectivity index (χ3n) is 0. The van der Waals surface area contributed by atoms with Crippen LogP contribution in [0.25, 0.3) is 0 Å². The Kier molecular flexibility index (Phi) is 248. The van der Waals surface area contributed by atoms with E-state index in [0.29, 0.717) is 0 Å². The molecule has 1 nitrogen and oxygen atoms in total. The molecular formula is C2H6OZn. The second-order valence-electron chi connectivity index (χ2n) is 0. The summed E-state index contributed by atoms with van der Waals surface area (Å²) >= 11 is 0.125. The van der Waals surface area contributed by atoms with Crippen LogP contribution in [0.2, 0.25) is 0 Å². The number of hydrogen-bond acceptors (Lipinski definition) is 1. The first-order valence-electron chi connectivity index (χ1n) is 1.29. The van der Waals surface area contributed by atoms with Gasteiger partial charge in [0, 0.05) is 0 Å². The van der Waals surface area contributed by atoms with Crippen LogP contribution in [0.1, 0.15) is 13.8 Å². The summed E-state index contributed by atoms with van der Waals surface area (Å²) in [4.78, 5) is 0. The van der Waals surface area contributed by atoms with Crippen LogP contribution in [-0.4, -0.2) is 0 Å². The Balaban J connectivity index is 0. The Bertz CT molecular complexity index is 6.00. The van der Waals surface area contributed by atoms with Crippen molar-refractivity contribution in [3.63, 3.8) is 0 Å². The van der Waals surface area contributed by atoms with E-state index in [1.165, 1.54) is 0 Å². The van der Waals surface area contributed by atoms with Crippen molar-refractivity contribution in [3.05, 3.63) is 0 Å². The molecule has 0 aliphatic carbocycles. The van der Waals surface area contributed by atoms with Crippen molar-refractivity contribution in [2.75, 3.05) is 0 Å². The maximum absolute atomic E-state index is 8.38. The van der Waals surface area contributed by atoms with E-state index < -0.39 is 0 Å². The molecule has 22 valence electrons. The van der Waals surface area contributed by atoms with Crippen LogP contribution in [-0.2, 0) is 21.8 Å². The van der Waals surface area contributed by atoms with E-state index in [1.807, 2.05) is 13.8 Å². The van der Waals surface area contributed by atoms with Gasteiger partial charge in [-0.3, -0.25) is 0 Å². The van der Waals surface area contributed by atoms with Crippen molar-refractivity contribution in [1.29, 1.82) is 0 Å². The molecule has 0 saturated carbocycles. The van der Waals surface area contributed by atoms with Crippen molar-refractivity contribution in [2.24, 2.45) is 0 Å². The second-order valence-corrected chi connectivity index (χ2v) is 0. The fourth-order valence-electron chi connectivity index (χ4n) is 0. The van der Waals surface area contributed by atoms with Crippen molar-refractivity contribution in [1.82, 2.24) is 0 Å². The van der Waals surface area contributed by atoms with Gasteiger partial charge in [-0.25, -0.2) is 0 Å². The molecule has 4 heavy (non-hydrogen) atoms. The minimum absolute atomic E-state index is 0.125. The van der Waals surface area contributed by atoms with Crippen LogP contribution < -0.4 is 0 Å². The molecule has 0 N–H and O–H groups in total. The predicted octanol–water partition coefficient (Wildman–Crippen LogP) is 0.905. The summed E-state index contributed by atoms with van der Waals surface area (Å²) in [5, 5.41) is 0. The SMILES string of the molecule is CC.[O]=[Zn]. The van der Waals surface area contributed by atoms with Crippen LogP contribution >= 0.6 is 0 Å². The Morgan fingerprint density at radius 1 is 1.25 bits per heavy atom. The molecule has 0 unspecified atom stereocenters. The second kappa shape index (κ2) is 112. The standard InChI is InChI=1S/C2H6.O.Zn/c1-2;;/h1-2H3;;. The van der Waals surface area contributed by atoms with Crippen LogP contribution in [0, 0.1) is 0 Å². The summed E-state index contributed by atoms with van der Waals surface area (Å²) in [6.07, 6.45) is 0. The molecule has 0 aromatic heterocycles. The molecule has 0 aliphatic heterocycles. The molecule has 0 amide bonds. The maximum atomic E-state index is 8.38. The first-order chi connectivity index (χ1) is 2.00. The first kappa shape index (κ1) is 8.83. The quantitative estimate of drug-likeness (QED) is 0.425. The van der Waals surface area contributed by atoms with Crippen molar-refractivity contribution in [3.8, 4) is 0 Å². The van der Waals surface area contributed by atoms with E-state index in [9.17, 15) is 0 Å². The van der Waals surface area contributed by atoms with E-state index in [-0.39, 0.29) is 18.3 Å². The zero-order chi connectivity index (χ0) is 4.00. The first-order valence-corrected chi connectivity index (χ1v) is 2.50. The number of rotatable bonds is 0. The summed E-state index contributed by atoms with van der Waals surface area (Å²) in [5.74, 6) is 0. The third-order valence-corrected chi connectivity index (χ3v) is 0. The molecule has 0 aromatic carbocycles. The minimum atomic E-state index is 0.125. The van der Waals surface area contributed by atoms with Gasteiger partial charge in [0.15, 0.2) is 0 Å². The van der Waals surface area contributed by atoms with E-state index in [2.05, 4.69) is 0 Å². The normalized spacial score (nSPS) is 3.00. The summed E-state index contributed by atoms with van der Waals surface area (Å²) in [5.41, 5.74) is 0. The molecule has 0 radical (unpaired) electrons. The summed E-state index contributed by atoms with van der Waals surface area (Å²) < 4.78 is 8.38. The van der Waals surface area contributed by atoms with E-state index >= 15 is 0 Å². The van der Waals surface area contributed by atoms with Crippen molar-refractivity contribution < 1.29 is 21.8 Å². The topological polar surface area (TPSA) is 17.1 Å². The number of hydrogen-bond donors (Lipinski definition) is 0. The molecule has 0 saturated heterocycles. The fraction of sp³-hybridized carbons (Fsp3) is 1.00. The third kappa shape index (κ3) is 27.4. The van der Waals surface area contributed by atoms with Gasteiger partial charge >= 0.3 is 21.8 Å². The monoisotopic (exact) mass is 110 g/mol.